The van der Waals surface area contributed by atoms with Crippen LogP contribution in [0.1, 0.15) is 22.3 Å². The summed E-state index contributed by atoms with van der Waals surface area (Å²) in [5.41, 5.74) is 6.38. The minimum Gasteiger partial charge on any atom is -0.216 e. The standard InChI is InChI=1S/C18H19N2/c1-13-11-14(2)17(15(3)12-13)20-10-9-19-18(20)16-7-5-4-6-8-16/h4-9,11-12H,10H2,1-3H3/q+1. The first-order chi connectivity index (χ1) is 9.66. The molecule has 2 aromatic rings. The van der Waals surface area contributed by atoms with Gasteiger partial charge in [0.25, 0.3) is 0 Å². The summed E-state index contributed by atoms with van der Waals surface area (Å²) in [6, 6.07) is 14.9. The Morgan fingerprint density at radius 1 is 0.950 bits per heavy atom. The van der Waals surface area contributed by atoms with Gasteiger partial charge in [-0.2, -0.15) is 0 Å². The summed E-state index contributed by atoms with van der Waals surface area (Å²) < 4.78 is 2.30. The van der Waals surface area contributed by atoms with Crippen LogP contribution in [0.5, 0.6) is 0 Å². The SMILES string of the molecule is Cc1cc(C)c([N+]2=C(c3ccccc3)N=CC2)c(C)c1. The van der Waals surface area contributed by atoms with E-state index in [0.29, 0.717) is 0 Å². The van der Waals surface area contributed by atoms with Crippen LogP contribution in [0.4, 0.5) is 5.69 Å². The Bertz CT molecular complexity index is 686. The number of amidine groups is 1. The van der Waals surface area contributed by atoms with E-state index in [9.17, 15) is 0 Å². The van der Waals surface area contributed by atoms with Gasteiger partial charge in [0.1, 0.15) is 12.2 Å². The monoisotopic (exact) mass is 263 g/mol. The first-order valence-electron chi connectivity index (χ1n) is 6.97. The van der Waals surface area contributed by atoms with Gasteiger partial charge in [0.2, 0.25) is 0 Å². The molecule has 0 saturated carbocycles. The predicted molar refractivity (Wildman–Crippen MR) is 84.5 cm³/mol. The topological polar surface area (TPSA) is 15.4 Å². The Morgan fingerprint density at radius 2 is 1.60 bits per heavy atom. The molecule has 1 aliphatic rings. The zero-order valence-electron chi connectivity index (χ0n) is 12.2. The summed E-state index contributed by atoms with van der Waals surface area (Å²) in [5.74, 6) is 1.04. The predicted octanol–water partition coefficient (Wildman–Crippen LogP) is 3.79. The lowest BCUT2D eigenvalue weighted by Crippen LogP contribution is -2.14. The lowest BCUT2D eigenvalue weighted by molar-refractivity contribution is -0.419. The number of hydrogen-bond donors (Lipinski definition) is 0. The van der Waals surface area contributed by atoms with Crippen molar-refractivity contribution >= 4 is 17.7 Å². The van der Waals surface area contributed by atoms with E-state index in [0.717, 1.165) is 12.4 Å². The van der Waals surface area contributed by atoms with Gasteiger partial charge in [-0.25, -0.2) is 4.58 Å². The molecule has 0 aromatic heterocycles. The molecular formula is C18H19N2+. The highest BCUT2D eigenvalue weighted by Gasteiger charge is 2.25. The summed E-state index contributed by atoms with van der Waals surface area (Å²) >= 11 is 0. The Balaban J connectivity index is 2.19. The molecule has 0 unspecified atom stereocenters. The van der Waals surface area contributed by atoms with Crippen LogP contribution in [0.25, 0.3) is 0 Å². The number of benzene rings is 2. The van der Waals surface area contributed by atoms with Crippen LogP contribution in [0.3, 0.4) is 0 Å². The van der Waals surface area contributed by atoms with Gasteiger partial charge in [-0.15, -0.1) is 0 Å². The second-order valence-corrected chi connectivity index (χ2v) is 5.36. The molecule has 2 heteroatoms. The van der Waals surface area contributed by atoms with Gasteiger partial charge < -0.3 is 0 Å². The highest BCUT2D eigenvalue weighted by molar-refractivity contribution is 6.02. The number of rotatable bonds is 2. The van der Waals surface area contributed by atoms with Gasteiger partial charge >= 0.3 is 5.84 Å². The molecule has 0 fully saturated rings. The molecule has 2 aromatic carbocycles. The fourth-order valence-electron chi connectivity index (χ4n) is 2.98. The van der Waals surface area contributed by atoms with Gasteiger partial charge in [0, 0.05) is 0 Å². The van der Waals surface area contributed by atoms with Gasteiger partial charge in [0.05, 0.1) is 5.56 Å². The molecule has 1 heterocycles. The maximum atomic E-state index is 4.59. The molecular weight excluding hydrogens is 244 g/mol. The molecule has 3 rings (SSSR count). The molecule has 20 heavy (non-hydrogen) atoms. The molecule has 0 aliphatic carbocycles. The fourth-order valence-corrected chi connectivity index (χ4v) is 2.98. The molecule has 0 saturated heterocycles. The van der Waals surface area contributed by atoms with Crippen LogP contribution in [0.15, 0.2) is 47.5 Å². The molecule has 2 nitrogen and oxygen atoms in total. The second kappa shape index (κ2) is 5.04. The minimum absolute atomic E-state index is 0.842. The Kier molecular flexibility index (Phi) is 3.23. The molecule has 0 spiro atoms. The number of hydrogen-bond acceptors (Lipinski definition) is 1. The van der Waals surface area contributed by atoms with Crippen molar-refractivity contribution in [2.24, 2.45) is 4.99 Å². The first kappa shape index (κ1) is 12.8. The Labute approximate surface area is 120 Å². The van der Waals surface area contributed by atoms with E-state index in [-0.39, 0.29) is 0 Å². The van der Waals surface area contributed by atoms with Crippen LogP contribution in [0, 0.1) is 20.8 Å². The summed E-state index contributed by atoms with van der Waals surface area (Å²) in [5, 5.41) is 0. The van der Waals surface area contributed by atoms with Crippen molar-refractivity contribution in [2.75, 3.05) is 6.54 Å². The van der Waals surface area contributed by atoms with Crippen molar-refractivity contribution < 1.29 is 4.58 Å². The van der Waals surface area contributed by atoms with E-state index in [1.165, 1.54) is 27.9 Å². The molecule has 0 atom stereocenters. The number of nitrogens with zero attached hydrogens (tertiary/aromatic N) is 2. The van der Waals surface area contributed by atoms with Crippen molar-refractivity contribution in [3.63, 3.8) is 0 Å². The highest BCUT2D eigenvalue weighted by Crippen LogP contribution is 2.27. The summed E-state index contributed by atoms with van der Waals surface area (Å²) in [7, 11) is 0. The second-order valence-electron chi connectivity index (χ2n) is 5.36. The van der Waals surface area contributed by atoms with Crippen molar-refractivity contribution in [2.45, 2.75) is 20.8 Å². The van der Waals surface area contributed by atoms with Gasteiger partial charge in [-0.05, 0) is 49.0 Å². The smallest absolute Gasteiger partial charge is 0.216 e. The Morgan fingerprint density at radius 3 is 2.25 bits per heavy atom. The summed E-state index contributed by atoms with van der Waals surface area (Å²) in [4.78, 5) is 4.59. The van der Waals surface area contributed by atoms with Crippen LogP contribution >= 0.6 is 0 Å². The van der Waals surface area contributed by atoms with Gasteiger partial charge in [-0.1, -0.05) is 35.9 Å². The van der Waals surface area contributed by atoms with E-state index >= 15 is 0 Å². The molecule has 0 N–H and O–H groups in total. The van der Waals surface area contributed by atoms with E-state index < -0.39 is 0 Å². The average Bonchev–Trinajstić information content (AvgIpc) is 2.87. The third-order valence-corrected chi connectivity index (χ3v) is 3.67. The van der Waals surface area contributed by atoms with Crippen LogP contribution in [-0.2, 0) is 0 Å². The van der Waals surface area contributed by atoms with Crippen LogP contribution in [0.2, 0.25) is 0 Å². The minimum atomic E-state index is 0.842. The zero-order valence-corrected chi connectivity index (χ0v) is 12.2. The van der Waals surface area contributed by atoms with E-state index in [2.05, 4.69) is 66.7 Å². The lowest BCUT2D eigenvalue weighted by Gasteiger charge is -2.11. The largest absolute Gasteiger partial charge is 0.330 e. The summed E-state index contributed by atoms with van der Waals surface area (Å²) in [6.07, 6.45) is 1.99. The molecule has 0 amide bonds. The maximum absolute atomic E-state index is 4.59. The van der Waals surface area contributed by atoms with E-state index in [4.69, 9.17) is 0 Å². The fraction of sp³-hybridized carbons (Fsp3) is 0.222. The van der Waals surface area contributed by atoms with Crippen molar-refractivity contribution in [1.29, 1.82) is 0 Å². The summed E-state index contributed by atoms with van der Waals surface area (Å²) in [6.45, 7) is 7.34. The average molecular weight is 263 g/mol. The highest BCUT2D eigenvalue weighted by atomic mass is 15.1. The van der Waals surface area contributed by atoms with Crippen LogP contribution in [-0.4, -0.2) is 23.2 Å². The number of aryl methyl sites for hydroxylation is 3. The maximum Gasteiger partial charge on any atom is 0.330 e. The Hall–Kier alpha value is -2.22. The van der Waals surface area contributed by atoms with Crippen LogP contribution < -0.4 is 0 Å². The van der Waals surface area contributed by atoms with Crippen molar-refractivity contribution in [1.82, 2.24) is 0 Å². The molecule has 1 aliphatic heterocycles. The van der Waals surface area contributed by atoms with Gasteiger partial charge in [-0.3, -0.25) is 0 Å². The normalized spacial score (nSPS) is 14.2. The van der Waals surface area contributed by atoms with Crippen molar-refractivity contribution in [3.05, 3.63) is 64.7 Å². The van der Waals surface area contributed by atoms with Gasteiger partial charge in [0.15, 0.2) is 6.21 Å². The molecule has 100 valence electrons. The van der Waals surface area contributed by atoms with E-state index in [1.807, 2.05) is 12.3 Å². The quantitative estimate of drug-likeness (QED) is 0.733. The zero-order chi connectivity index (χ0) is 14.1. The number of aliphatic imine (C=N–C) groups is 1. The molecule has 0 bridgehead atoms. The van der Waals surface area contributed by atoms with E-state index in [1.54, 1.807) is 0 Å². The third-order valence-electron chi connectivity index (χ3n) is 3.67. The first-order valence-corrected chi connectivity index (χ1v) is 6.97. The molecule has 0 radical (unpaired) electrons. The van der Waals surface area contributed by atoms with Crippen molar-refractivity contribution in [3.8, 4) is 0 Å². The third kappa shape index (κ3) is 2.18. The lowest BCUT2D eigenvalue weighted by atomic mass is 10.0.